The SMILES string of the molecule is CCOc1cccc(N2CCN(c3nc(-c4ccc5ccccc5c4)no3)CC2)c1. The minimum Gasteiger partial charge on any atom is -0.494 e. The third-order valence-corrected chi connectivity index (χ3v) is 5.47. The number of benzene rings is 3. The smallest absolute Gasteiger partial charge is 0.324 e. The summed E-state index contributed by atoms with van der Waals surface area (Å²) in [6, 6.07) is 23.4. The van der Waals surface area contributed by atoms with Crippen LogP contribution in [0.4, 0.5) is 11.7 Å². The number of aromatic nitrogens is 2. The highest BCUT2D eigenvalue weighted by Gasteiger charge is 2.22. The number of hydrogen-bond donors (Lipinski definition) is 0. The number of nitrogens with zero attached hydrogens (tertiary/aromatic N) is 4. The molecule has 3 aromatic carbocycles. The standard InChI is InChI=1S/C24H24N4O2/c1-2-29-22-9-5-8-21(17-22)27-12-14-28(15-13-27)24-25-23(26-30-24)20-11-10-18-6-3-4-7-19(18)16-20/h3-11,16-17H,2,12-15H2,1H3. The van der Waals surface area contributed by atoms with Crippen molar-refractivity contribution in [2.24, 2.45) is 0 Å². The van der Waals surface area contributed by atoms with E-state index in [4.69, 9.17) is 9.26 Å². The first-order valence-electron chi connectivity index (χ1n) is 10.4. The van der Waals surface area contributed by atoms with Gasteiger partial charge in [-0.15, -0.1) is 0 Å². The van der Waals surface area contributed by atoms with Crippen molar-refractivity contribution in [1.29, 1.82) is 0 Å². The predicted octanol–water partition coefficient (Wildman–Crippen LogP) is 4.62. The second kappa shape index (κ2) is 8.06. The number of ether oxygens (including phenoxy) is 1. The first kappa shape index (κ1) is 18.5. The fourth-order valence-corrected chi connectivity index (χ4v) is 3.88. The number of anilines is 2. The average Bonchev–Trinajstić information content (AvgIpc) is 3.30. The molecule has 1 aromatic heterocycles. The van der Waals surface area contributed by atoms with Crippen molar-refractivity contribution in [3.8, 4) is 17.1 Å². The molecule has 0 N–H and O–H groups in total. The Bertz CT molecular complexity index is 1150. The van der Waals surface area contributed by atoms with Gasteiger partial charge in [0.05, 0.1) is 6.61 Å². The second-order valence-electron chi connectivity index (χ2n) is 7.37. The summed E-state index contributed by atoms with van der Waals surface area (Å²) in [6.45, 7) is 6.12. The highest BCUT2D eigenvalue weighted by atomic mass is 16.5. The van der Waals surface area contributed by atoms with Crippen LogP contribution in [-0.2, 0) is 0 Å². The lowest BCUT2D eigenvalue weighted by Crippen LogP contribution is -2.46. The molecule has 6 nitrogen and oxygen atoms in total. The van der Waals surface area contributed by atoms with Crippen LogP contribution in [0.15, 0.2) is 71.3 Å². The third-order valence-electron chi connectivity index (χ3n) is 5.47. The highest BCUT2D eigenvalue weighted by molar-refractivity contribution is 5.86. The summed E-state index contributed by atoms with van der Waals surface area (Å²) < 4.78 is 11.2. The van der Waals surface area contributed by atoms with Crippen LogP contribution in [0.5, 0.6) is 5.75 Å². The Labute approximate surface area is 175 Å². The zero-order valence-corrected chi connectivity index (χ0v) is 17.0. The maximum atomic E-state index is 5.63. The minimum atomic E-state index is 0.584. The number of hydrogen-bond acceptors (Lipinski definition) is 6. The van der Waals surface area contributed by atoms with Gasteiger partial charge in [0.1, 0.15) is 5.75 Å². The Kier molecular flexibility index (Phi) is 4.97. The van der Waals surface area contributed by atoms with Crippen LogP contribution in [0.2, 0.25) is 0 Å². The van der Waals surface area contributed by atoms with Crippen LogP contribution in [-0.4, -0.2) is 42.9 Å². The third kappa shape index (κ3) is 3.68. The Morgan fingerprint density at radius 2 is 1.67 bits per heavy atom. The zero-order chi connectivity index (χ0) is 20.3. The number of rotatable bonds is 5. The van der Waals surface area contributed by atoms with Crippen LogP contribution in [0, 0.1) is 0 Å². The molecule has 0 amide bonds. The van der Waals surface area contributed by atoms with Gasteiger partial charge in [0.2, 0.25) is 5.82 Å². The molecule has 1 aliphatic heterocycles. The van der Waals surface area contributed by atoms with Gasteiger partial charge in [-0.25, -0.2) is 0 Å². The summed E-state index contributed by atoms with van der Waals surface area (Å²) in [5, 5.41) is 6.59. The molecule has 0 unspecified atom stereocenters. The molecule has 6 heteroatoms. The van der Waals surface area contributed by atoms with E-state index in [-0.39, 0.29) is 0 Å². The zero-order valence-electron chi connectivity index (χ0n) is 17.0. The Balaban J connectivity index is 1.28. The Morgan fingerprint density at radius 3 is 2.50 bits per heavy atom. The van der Waals surface area contributed by atoms with Crippen molar-refractivity contribution in [3.05, 3.63) is 66.7 Å². The lowest BCUT2D eigenvalue weighted by Gasteiger charge is -2.35. The van der Waals surface area contributed by atoms with Crippen LogP contribution in [0.25, 0.3) is 22.2 Å². The molecule has 4 aromatic rings. The largest absolute Gasteiger partial charge is 0.494 e. The van der Waals surface area contributed by atoms with E-state index in [1.807, 2.05) is 37.3 Å². The van der Waals surface area contributed by atoms with Gasteiger partial charge in [-0.05, 0) is 35.9 Å². The van der Waals surface area contributed by atoms with Crippen molar-refractivity contribution >= 4 is 22.5 Å². The molecule has 0 atom stereocenters. The molecule has 5 rings (SSSR count). The summed E-state index contributed by atoms with van der Waals surface area (Å²) in [4.78, 5) is 9.17. The molecule has 0 bridgehead atoms. The van der Waals surface area contributed by atoms with E-state index in [2.05, 4.69) is 56.3 Å². The average molecular weight is 400 g/mol. The number of fused-ring (bicyclic) bond motifs is 1. The quantitative estimate of drug-likeness (QED) is 0.487. The van der Waals surface area contributed by atoms with E-state index in [1.54, 1.807) is 0 Å². The lowest BCUT2D eigenvalue weighted by molar-refractivity contribution is 0.340. The molecular formula is C24H24N4O2. The summed E-state index contributed by atoms with van der Waals surface area (Å²) >= 11 is 0. The predicted molar refractivity (Wildman–Crippen MR) is 119 cm³/mol. The molecule has 0 spiro atoms. The van der Waals surface area contributed by atoms with E-state index < -0.39 is 0 Å². The first-order valence-corrected chi connectivity index (χ1v) is 10.4. The molecule has 0 saturated carbocycles. The monoisotopic (exact) mass is 400 g/mol. The van der Waals surface area contributed by atoms with Gasteiger partial charge < -0.3 is 19.1 Å². The van der Waals surface area contributed by atoms with Crippen LogP contribution in [0.1, 0.15) is 6.92 Å². The Hall–Kier alpha value is -3.54. The maximum Gasteiger partial charge on any atom is 0.324 e. The lowest BCUT2D eigenvalue weighted by atomic mass is 10.1. The van der Waals surface area contributed by atoms with Crippen LogP contribution >= 0.6 is 0 Å². The molecule has 0 radical (unpaired) electrons. The van der Waals surface area contributed by atoms with E-state index in [1.165, 1.54) is 16.5 Å². The minimum absolute atomic E-state index is 0.584. The first-order chi connectivity index (χ1) is 14.8. The maximum absolute atomic E-state index is 5.63. The molecule has 2 heterocycles. The van der Waals surface area contributed by atoms with Gasteiger partial charge in [0, 0.05) is 43.5 Å². The summed E-state index contributed by atoms with van der Waals surface area (Å²) in [6.07, 6.45) is 0. The molecule has 1 fully saturated rings. The number of piperazine rings is 1. The van der Waals surface area contributed by atoms with Crippen molar-refractivity contribution in [2.75, 3.05) is 42.6 Å². The van der Waals surface area contributed by atoms with Crippen molar-refractivity contribution in [1.82, 2.24) is 10.1 Å². The Morgan fingerprint density at radius 1 is 0.867 bits per heavy atom. The topological polar surface area (TPSA) is 54.6 Å². The van der Waals surface area contributed by atoms with Gasteiger partial charge in [0.25, 0.3) is 0 Å². The second-order valence-corrected chi connectivity index (χ2v) is 7.37. The van der Waals surface area contributed by atoms with Crippen LogP contribution in [0.3, 0.4) is 0 Å². The molecule has 1 aliphatic rings. The summed E-state index contributed by atoms with van der Waals surface area (Å²) in [5.74, 6) is 1.54. The molecule has 0 aliphatic carbocycles. The fraction of sp³-hybridized carbons (Fsp3) is 0.250. The van der Waals surface area contributed by atoms with Crippen molar-refractivity contribution < 1.29 is 9.26 Å². The van der Waals surface area contributed by atoms with E-state index in [0.29, 0.717) is 18.4 Å². The van der Waals surface area contributed by atoms with Gasteiger partial charge in [0.15, 0.2) is 0 Å². The van der Waals surface area contributed by atoms with Gasteiger partial charge in [-0.1, -0.05) is 47.6 Å². The van der Waals surface area contributed by atoms with Gasteiger partial charge in [-0.2, -0.15) is 4.98 Å². The van der Waals surface area contributed by atoms with Gasteiger partial charge in [-0.3, -0.25) is 0 Å². The van der Waals surface area contributed by atoms with E-state index in [9.17, 15) is 0 Å². The van der Waals surface area contributed by atoms with Crippen molar-refractivity contribution in [2.45, 2.75) is 6.92 Å². The van der Waals surface area contributed by atoms with Gasteiger partial charge >= 0.3 is 6.01 Å². The normalized spacial score (nSPS) is 14.3. The molecule has 30 heavy (non-hydrogen) atoms. The summed E-state index contributed by atoms with van der Waals surface area (Å²) in [5.41, 5.74) is 2.15. The van der Waals surface area contributed by atoms with E-state index in [0.717, 1.165) is 37.5 Å². The summed E-state index contributed by atoms with van der Waals surface area (Å²) in [7, 11) is 0. The molecule has 1 saturated heterocycles. The van der Waals surface area contributed by atoms with Crippen molar-refractivity contribution in [3.63, 3.8) is 0 Å². The van der Waals surface area contributed by atoms with Crippen LogP contribution < -0.4 is 14.5 Å². The molecule has 152 valence electrons. The fourth-order valence-electron chi connectivity index (χ4n) is 3.88. The molecular weight excluding hydrogens is 376 g/mol. The highest BCUT2D eigenvalue weighted by Crippen LogP contribution is 2.26. The van der Waals surface area contributed by atoms with E-state index >= 15 is 0 Å².